The van der Waals surface area contributed by atoms with E-state index < -0.39 is 12.1 Å². The number of aromatic carboxylic acids is 1. The van der Waals surface area contributed by atoms with E-state index in [2.05, 4.69) is 17.4 Å². The van der Waals surface area contributed by atoms with Crippen molar-refractivity contribution in [3.8, 4) is 16.9 Å². The molecule has 0 unspecified atom stereocenters. The molecule has 152 valence electrons. The van der Waals surface area contributed by atoms with Gasteiger partial charge in [-0.05, 0) is 50.9 Å². The van der Waals surface area contributed by atoms with Gasteiger partial charge in [0.2, 0.25) is 0 Å². The number of carbonyl (C=O) groups excluding carboxylic acids is 1. The van der Waals surface area contributed by atoms with Gasteiger partial charge >= 0.3 is 12.1 Å². The zero-order valence-electron chi connectivity index (χ0n) is 16.0. The molecule has 1 amide bonds. The summed E-state index contributed by atoms with van der Waals surface area (Å²) in [4.78, 5) is 24.0. The maximum absolute atomic E-state index is 12.5. The average Bonchev–Trinajstić information content (AvgIpc) is 3.07. The van der Waals surface area contributed by atoms with Gasteiger partial charge in [-0.1, -0.05) is 48.5 Å². The number of fused-ring (bicyclic) bond motifs is 3. The summed E-state index contributed by atoms with van der Waals surface area (Å²) >= 11 is 1.98. The van der Waals surface area contributed by atoms with Gasteiger partial charge in [0.15, 0.2) is 0 Å². The van der Waals surface area contributed by atoms with Crippen LogP contribution in [-0.4, -0.2) is 30.9 Å². The van der Waals surface area contributed by atoms with Crippen molar-refractivity contribution < 1.29 is 24.2 Å². The van der Waals surface area contributed by atoms with Gasteiger partial charge in [0.25, 0.3) is 0 Å². The number of amides is 1. The molecule has 0 aliphatic heterocycles. The summed E-state index contributed by atoms with van der Waals surface area (Å²) < 4.78 is 11.4. The number of halogens is 1. The smallest absolute Gasteiger partial charge is 0.411 e. The van der Waals surface area contributed by atoms with Crippen LogP contribution in [0.4, 0.5) is 10.5 Å². The molecule has 0 fully saturated rings. The summed E-state index contributed by atoms with van der Waals surface area (Å²) in [7, 11) is 1.48. The van der Waals surface area contributed by atoms with Gasteiger partial charge < -0.3 is 14.6 Å². The molecular weight excluding hydrogens is 497 g/mol. The van der Waals surface area contributed by atoms with Crippen molar-refractivity contribution in [3.05, 3.63) is 80.9 Å². The Hall–Kier alpha value is -3.07. The molecule has 4 rings (SSSR count). The number of carboxylic acids is 1. The van der Waals surface area contributed by atoms with Crippen molar-refractivity contribution in [2.75, 3.05) is 19.0 Å². The number of benzene rings is 3. The first kappa shape index (κ1) is 20.2. The third-order valence-electron chi connectivity index (χ3n) is 5.10. The zero-order chi connectivity index (χ0) is 21.3. The van der Waals surface area contributed by atoms with Crippen LogP contribution in [0.3, 0.4) is 0 Å². The molecular formula is C23H18INO5. The Kier molecular flexibility index (Phi) is 5.63. The van der Waals surface area contributed by atoms with Crippen molar-refractivity contribution in [1.29, 1.82) is 0 Å². The molecule has 3 aromatic carbocycles. The third kappa shape index (κ3) is 3.72. The van der Waals surface area contributed by atoms with E-state index in [9.17, 15) is 14.7 Å². The van der Waals surface area contributed by atoms with Crippen LogP contribution in [0.25, 0.3) is 11.1 Å². The highest BCUT2D eigenvalue weighted by Crippen LogP contribution is 2.44. The van der Waals surface area contributed by atoms with Gasteiger partial charge in [-0.3, -0.25) is 5.32 Å². The van der Waals surface area contributed by atoms with Gasteiger partial charge in [-0.2, -0.15) is 0 Å². The number of carbonyl (C=O) groups is 2. The van der Waals surface area contributed by atoms with Crippen molar-refractivity contribution in [2.24, 2.45) is 0 Å². The number of carboxylic acid groups (broad SMARTS) is 1. The Morgan fingerprint density at radius 2 is 1.63 bits per heavy atom. The van der Waals surface area contributed by atoms with E-state index in [1.54, 1.807) is 0 Å². The monoisotopic (exact) mass is 515 g/mol. The lowest BCUT2D eigenvalue weighted by atomic mass is 9.98. The molecule has 0 aromatic heterocycles. The van der Waals surface area contributed by atoms with Gasteiger partial charge in [0.1, 0.15) is 12.4 Å². The van der Waals surface area contributed by atoms with Crippen LogP contribution in [0, 0.1) is 3.57 Å². The second-order valence-corrected chi connectivity index (χ2v) is 7.95. The molecule has 0 heterocycles. The molecule has 0 spiro atoms. The molecule has 0 saturated heterocycles. The van der Waals surface area contributed by atoms with E-state index in [4.69, 9.17) is 9.47 Å². The Labute approximate surface area is 187 Å². The van der Waals surface area contributed by atoms with Crippen molar-refractivity contribution in [2.45, 2.75) is 5.92 Å². The van der Waals surface area contributed by atoms with E-state index in [0.29, 0.717) is 9.32 Å². The quantitative estimate of drug-likeness (QED) is 0.447. The summed E-state index contributed by atoms with van der Waals surface area (Å²) in [5, 5.41) is 12.0. The summed E-state index contributed by atoms with van der Waals surface area (Å²) in [5.41, 5.74) is 4.57. The van der Waals surface area contributed by atoms with E-state index >= 15 is 0 Å². The molecule has 6 nitrogen and oxygen atoms in total. The molecule has 0 radical (unpaired) electrons. The Morgan fingerprint density at radius 3 is 2.20 bits per heavy atom. The molecule has 3 aromatic rings. The number of hydrogen-bond donors (Lipinski definition) is 2. The molecule has 1 aliphatic rings. The second-order valence-electron chi connectivity index (χ2n) is 6.79. The van der Waals surface area contributed by atoms with Crippen LogP contribution >= 0.6 is 22.6 Å². The number of methoxy groups -OCH3 is 1. The van der Waals surface area contributed by atoms with Gasteiger partial charge in [0, 0.05) is 12.0 Å². The van der Waals surface area contributed by atoms with E-state index in [0.717, 1.165) is 22.3 Å². The average molecular weight is 515 g/mol. The predicted octanol–water partition coefficient (Wildman–Crippen LogP) is 5.36. The maximum atomic E-state index is 12.5. The number of rotatable bonds is 5. The zero-order valence-corrected chi connectivity index (χ0v) is 18.2. The van der Waals surface area contributed by atoms with Crippen LogP contribution in [0.2, 0.25) is 0 Å². The van der Waals surface area contributed by atoms with Gasteiger partial charge in [-0.25, -0.2) is 9.59 Å². The fourth-order valence-electron chi connectivity index (χ4n) is 3.73. The second kappa shape index (κ2) is 8.35. The minimum Gasteiger partial charge on any atom is -0.496 e. The van der Waals surface area contributed by atoms with Gasteiger partial charge in [0.05, 0.1) is 21.9 Å². The highest BCUT2D eigenvalue weighted by Gasteiger charge is 2.29. The standard InChI is InChI=1S/C23H18INO5/c1-29-21-11-20(17(22(26)27)10-19(21)24)25-23(28)30-12-18-15-8-4-2-6-13(15)14-7-3-5-9-16(14)18/h2-11,18H,12H2,1H3,(H,25,28)(H,26,27). The van der Waals surface area contributed by atoms with Crippen molar-refractivity contribution in [1.82, 2.24) is 0 Å². The number of ether oxygens (including phenoxy) is 2. The molecule has 0 saturated carbocycles. The van der Waals surface area contributed by atoms with E-state index in [-0.39, 0.29) is 23.8 Å². The Morgan fingerprint density at radius 1 is 1.03 bits per heavy atom. The van der Waals surface area contributed by atoms with Crippen LogP contribution in [0.5, 0.6) is 5.75 Å². The van der Waals surface area contributed by atoms with Crippen molar-refractivity contribution in [3.63, 3.8) is 0 Å². The third-order valence-corrected chi connectivity index (χ3v) is 5.95. The minimum atomic E-state index is -1.15. The maximum Gasteiger partial charge on any atom is 0.411 e. The summed E-state index contributed by atoms with van der Waals surface area (Å²) in [6.07, 6.45) is -0.720. The highest BCUT2D eigenvalue weighted by atomic mass is 127. The number of anilines is 1. The summed E-state index contributed by atoms with van der Waals surface area (Å²) in [5.74, 6) is -0.757. The van der Waals surface area contributed by atoms with Crippen molar-refractivity contribution >= 4 is 40.3 Å². The van der Waals surface area contributed by atoms with Crippen LogP contribution in [0.1, 0.15) is 27.4 Å². The lowest BCUT2D eigenvalue weighted by molar-refractivity contribution is 0.0698. The lowest BCUT2D eigenvalue weighted by Crippen LogP contribution is -2.19. The molecule has 7 heteroatoms. The number of nitrogens with one attached hydrogen (secondary N) is 1. The first-order chi connectivity index (χ1) is 14.5. The fourth-order valence-corrected chi connectivity index (χ4v) is 4.42. The Balaban J connectivity index is 1.53. The molecule has 1 aliphatic carbocycles. The molecule has 0 bridgehead atoms. The normalized spacial score (nSPS) is 12.1. The van der Waals surface area contributed by atoms with E-state index in [1.165, 1.54) is 19.2 Å². The van der Waals surface area contributed by atoms with Crippen LogP contribution in [-0.2, 0) is 4.74 Å². The van der Waals surface area contributed by atoms with Gasteiger partial charge in [-0.15, -0.1) is 0 Å². The van der Waals surface area contributed by atoms with E-state index in [1.807, 2.05) is 59.0 Å². The minimum absolute atomic E-state index is 0.0336. The fraction of sp³-hybridized carbons (Fsp3) is 0.130. The summed E-state index contributed by atoms with van der Waals surface area (Å²) in [6.45, 7) is 0.143. The topological polar surface area (TPSA) is 84.9 Å². The van der Waals surface area contributed by atoms with Crippen LogP contribution < -0.4 is 10.1 Å². The molecule has 0 atom stereocenters. The number of hydrogen-bond acceptors (Lipinski definition) is 4. The first-order valence-corrected chi connectivity index (χ1v) is 10.3. The summed E-state index contributed by atoms with van der Waals surface area (Å²) in [6, 6.07) is 19.0. The molecule has 2 N–H and O–H groups in total. The van der Waals surface area contributed by atoms with Crippen LogP contribution in [0.15, 0.2) is 60.7 Å². The molecule has 30 heavy (non-hydrogen) atoms. The SMILES string of the molecule is COc1cc(NC(=O)OCC2c3ccccc3-c3ccccc32)c(C(=O)O)cc1I. The first-order valence-electron chi connectivity index (χ1n) is 9.22. The predicted molar refractivity (Wildman–Crippen MR) is 121 cm³/mol. The Bertz CT molecular complexity index is 1100. The largest absolute Gasteiger partial charge is 0.496 e. The lowest BCUT2D eigenvalue weighted by Gasteiger charge is -2.16. The highest BCUT2D eigenvalue weighted by molar-refractivity contribution is 14.1.